The Kier molecular flexibility index (Phi) is 20.2. The van der Waals surface area contributed by atoms with Crippen LogP contribution in [0.2, 0.25) is 36.3 Å². The highest BCUT2D eigenvalue weighted by Gasteiger charge is 2.42. The summed E-state index contributed by atoms with van der Waals surface area (Å²) in [4.78, 5) is 15.7. The average Bonchev–Trinajstić information content (AvgIpc) is 3.21. The van der Waals surface area contributed by atoms with Crippen LogP contribution >= 0.6 is 0 Å². The minimum absolute atomic E-state index is 0.0311. The smallest absolute Gasteiger partial charge is 0.192 e. The molecule has 3 aromatic carbocycles. The lowest BCUT2D eigenvalue weighted by atomic mass is 9.82. The number of hydrogen-bond acceptors (Lipinski definition) is 6. The zero-order valence-corrected chi connectivity index (χ0v) is 38.9. The van der Waals surface area contributed by atoms with Crippen LogP contribution in [0.5, 0.6) is 11.5 Å². The van der Waals surface area contributed by atoms with Crippen LogP contribution in [-0.2, 0) is 33.4 Å². The van der Waals surface area contributed by atoms with Crippen LogP contribution in [0.4, 0.5) is 0 Å². The number of hydrogen-bond donors (Lipinski definition) is 0. The highest BCUT2D eigenvalue weighted by molar-refractivity contribution is 6.74. The summed E-state index contributed by atoms with van der Waals surface area (Å²) in [5, 5.41) is 0.0311. The molecule has 2 atom stereocenters. The molecule has 6 nitrogen and oxygen atoms in total. The van der Waals surface area contributed by atoms with Gasteiger partial charge in [0.25, 0.3) is 0 Å². The number of ketones is 1. The van der Waals surface area contributed by atoms with Crippen molar-refractivity contribution >= 4 is 22.4 Å². The van der Waals surface area contributed by atoms with E-state index in [1.807, 2.05) is 60.7 Å². The van der Waals surface area contributed by atoms with Gasteiger partial charge < -0.3 is 23.1 Å². The first-order chi connectivity index (χ1) is 27.3. The molecule has 0 amide bonds. The van der Waals surface area contributed by atoms with Crippen molar-refractivity contribution in [2.24, 2.45) is 5.92 Å². The maximum absolute atomic E-state index is 15.7. The molecule has 0 aliphatic carbocycles. The Labute approximate surface area is 348 Å². The van der Waals surface area contributed by atoms with Crippen molar-refractivity contribution < 1.29 is 27.9 Å². The highest BCUT2D eigenvalue weighted by Crippen LogP contribution is 2.45. The second kappa shape index (κ2) is 24.0. The Morgan fingerprint density at radius 1 is 0.737 bits per heavy atom. The van der Waals surface area contributed by atoms with Gasteiger partial charge in [-0.15, -0.1) is 6.58 Å². The van der Waals surface area contributed by atoms with Gasteiger partial charge in [-0.05, 0) is 65.9 Å². The van der Waals surface area contributed by atoms with Crippen LogP contribution in [-0.4, -0.2) is 35.6 Å². The van der Waals surface area contributed by atoms with E-state index in [4.69, 9.17) is 23.1 Å². The fraction of sp³-hybridized carbons (Fsp3) is 0.531. The summed E-state index contributed by atoms with van der Waals surface area (Å²) >= 11 is 0. The number of ether oxygens (including phenoxy) is 3. The van der Waals surface area contributed by atoms with Gasteiger partial charge in [-0.3, -0.25) is 4.79 Å². The van der Waals surface area contributed by atoms with Gasteiger partial charge in [0.1, 0.15) is 24.7 Å². The summed E-state index contributed by atoms with van der Waals surface area (Å²) < 4.78 is 33.7. The third-order valence-electron chi connectivity index (χ3n) is 11.9. The highest BCUT2D eigenvalue weighted by atomic mass is 28.4. The lowest BCUT2D eigenvalue weighted by Gasteiger charge is -2.39. The summed E-state index contributed by atoms with van der Waals surface area (Å²) in [6, 6.07) is 25.0. The van der Waals surface area contributed by atoms with E-state index in [9.17, 15) is 0 Å². The Morgan fingerprint density at radius 2 is 1.39 bits per heavy atom. The SMILES string of the molecule is C=CCOCc1c(OCc2ccccc2)cccc1C(=O)[C@H](CCCCCCC)[C@H](O[Si](CC)(CC)CC)c1c(CO[Si](C)(C)C(C)(C)C)cccc1OCC=C. The fourth-order valence-corrected chi connectivity index (χ4v) is 10.8. The number of rotatable bonds is 28. The molecule has 0 unspecified atom stereocenters. The van der Waals surface area contributed by atoms with E-state index in [2.05, 4.69) is 80.8 Å². The van der Waals surface area contributed by atoms with E-state index in [1.165, 1.54) is 6.42 Å². The zero-order chi connectivity index (χ0) is 41.9. The Bertz CT molecular complexity index is 1650. The summed E-state index contributed by atoms with van der Waals surface area (Å²) in [6.45, 7) is 29.9. The first-order valence-corrected chi connectivity index (χ1v) is 26.9. The first-order valence-electron chi connectivity index (χ1n) is 21.5. The van der Waals surface area contributed by atoms with Crippen molar-refractivity contribution in [3.8, 4) is 11.5 Å². The van der Waals surface area contributed by atoms with Crippen LogP contribution in [0.25, 0.3) is 0 Å². The molecule has 0 radical (unpaired) electrons. The molecule has 314 valence electrons. The first kappa shape index (κ1) is 48.1. The van der Waals surface area contributed by atoms with Crippen molar-refractivity contribution in [3.63, 3.8) is 0 Å². The van der Waals surface area contributed by atoms with Crippen LogP contribution in [0, 0.1) is 5.92 Å². The average molecular weight is 815 g/mol. The second-order valence-electron chi connectivity index (χ2n) is 16.8. The Balaban J connectivity index is 2.33. The molecular formula is C49H74O6Si2. The number of carbonyl (C=O) groups is 1. The zero-order valence-electron chi connectivity index (χ0n) is 36.9. The largest absolute Gasteiger partial charge is 0.489 e. The second-order valence-corrected chi connectivity index (χ2v) is 26.3. The van der Waals surface area contributed by atoms with E-state index in [1.54, 1.807) is 12.2 Å². The van der Waals surface area contributed by atoms with Gasteiger partial charge in [0.05, 0.1) is 31.8 Å². The number of benzene rings is 3. The van der Waals surface area contributed by atoms with E-state index >= 15 is 4.79 Å². The van der Waals surface area contributed by atoms with Gasteiger partial charge in [0, 0.05) is 16.7 Å². The lowest BCUT2D eigenvalue weighted by molar-refractivity contribution is 0.0669. The molecule has 0 spiro atoms. The van der Waals surface area contributed by atoms with Crippen LogP contribution in [0.1, 0.15) is 126 Å². The maximum atomic E-state index is 15.7. The van der Waals surface area contributed by atoms with E-state index in [0.29, 0.717) is 44.2 Å². The molecule has 0 aromatic heterocycles. The van der Waals surface area contributed by atoms with E-state index in [0.717, 1.165) is 71.8 Å². The molecule has 0 fully saturated rings. The summed E-state index contributed by atoms with van der Waals surface area (Å²) in [5.74, 6) is 0.913. The molecule has 0 aliphatic heterocycles. The van der Waals surface area contributed by atoms with Gasteiger partial charge >= 0.3 is 0 Å². The fourth-order valence-electron chi connectivity index (χ4n) is 7.05. The number of carbonyl (C=O) groups excluding carboxylic acids is 1. The minimum atomic E-state index is -2.32. The van der Waals surface area contributed by atoms with Gasteiger partial charge in [0.15, 0.2) is 22.4 Å². The van der Waals surface area contributed by atoms with Gasteiger partial charge in [-0.2, -0.15) is 0 Å². The quantitative estimate of drug-likeness (QED) is 0.0315. The minimum Gasteiger partial charge on any atom is -0.489 e. The molecule has 0 heterocycles. The van der Waals surface area contributed by atoms with E-state index in [-0.39, 0.29) is 17.4 Å². The van der Waals surface area contributed by atoms with Gasteiger partial charge in [0.2, 0.25) is 0 Å². The third kappa shape index (κ3) is 13.9. The molecule has 3 aromatic rings. The summed E-state index contributed by atoms with van der Waals surface area (Å²) in [6.07, 6.45) is 9.05. The van der Waals surface area contributed by atoms with Crippen molar-refractivity contribution in [1.82, 2.24) is 0 Å². The van der Waals surface area contributed by atoms with Gasteiger partial charge in [-0.1, -0.05) is 154 Å². The molecule has 3 rings (SSSR count). The standard InChI is InChI=1S/C49H74O6Si2/c1-12-18-19-20-24-30-42(47(50)41-31-26-32-44(43(41)38-51-34-13-2)53-36-39-27-22-21-23-28-39)48(55-57(15-4,16-5)17-6)46-40(29-25-33-45(46)52-35-14-3)37-54-56(10,11)49(7,8)9/h13-14,21-23,25-29,31-33,42,48H,2-3,12,15-20,24,30,34-38H2,1,4-11H3/t42-,48-/m0/s1. The third-order valence-corrected chi connectivity index (χ3v) is 21.0. The van der Waals surface area contributed by atoms with Crippen molar-refractivity contribution in [2.45, 2.75) is 149 Å². The number of Topliss-reactive ketones (excluding diaryl/α,β-unsaturated/α-hetero) is 1. The molecule has 0 N–H and O–H groups in total. The van der Waals surface area contributed by atoms with Gasteiger partial charge in [-0.25, -0.2) is 0 Å². The van der Waals surface area contributed by atoms with E-state index < -0.39 is 28.7 Å². The number of unbranched alkanes of at least 4 members (excludes halogenated alkanes) is 4. The predicted octanol–water partition coefficient (Wildman–Crippen LogP) is 14.0. The molecule has 0 aliphatic rings. The molecule has 8 heteroatoms. The van der Waals surface area contributed by atoms with Crippen molar-refractivity contribution in [2.75, 3.05) is 13.2 Å². The summed E-state index contributed by atoms with van der Waals surface area (Å²) in [7, 11) is -4.47. The molecule has 0 bridgehead atoms. The van der Waals surface area contributed by atoms with Crippen molar-refractivity contribution in [3.05, 3.63) is 120 Å². The van der Waals surface area contributed by atoms with Crippen LogP contribution < -0.4 is 9.47 Å². The Morgan fingerprint density at radius 3 is 2.02 bits per heavy atom. The Hall–Kier alpha value is -3.28. The molecular weight excluding hydrogens is 741 g/mol. The molecule has 0 saturated carbocycles. The predicted molar refractivity (Wildman–Crippen MR) is 243 cm³/mol. The maximum Gasteiger partial charge on any atom is 0.192 e. The van der Waals surface area contributed by atoms with Crippen LogP contribution in [0.3, 0.4) is 0 Å². The van der Waals surface area contributed by atoms with Crippen molar-refractivity contribution in [1.29, 1.82) is 0 Å². The molecule has 57 heavy (non-hydrogen) atoms. The topological polar surface area (TPSA) is 63.2 Å². The lowest BCUT2D eigenvalue weighted by Crippen LogP contribution is -2.42. The monoisotopic (exact) mass is 815 g/mol. The summed E-state index contributed by atoms with van der Waals surface area (Å²) in [5.41, 5.74) is 4.35. The normalized spacial score (nSPS) is 13.2. The van der Waals surface area contributed by atoms with Crippen LogP contribution in [0.15, 0.2) is 92.0 Å². The molecule has 0 saturated heterocycles.